The normalized spacial score (nSPS) is 17.7. The second-order valence-electron chi connectivity index (χ2n) is 6.98. The minimum atomic E-state index is -0.0380. The first kappa shape index (κ1) is 14.1. The Balaban J connectivity index is 2.15. The van der Waals surface area contributed by atoms with E-state index in [4.69, 9.17) is 0 Å². The number of nitrogens with one attached hydrogen (secondary N) is 2. The molecule has 1 heterocycles. The molecule has 0 spiro atoms. The lowest BCUT2D eigenvalue weighted by molar-refractivity contribution is 0.180. The fourth-order valence-corrected chi connectivity index (χ4v) is 2.26. The van der Waals surface area contributed by atoms with Gasteiger partial charge in [0.25, 0.3) is 0 Å². The molecule has 0 bridgehead atoms. The lowest BCUT2D eigenvalue weighted by Gasteiger charge is -2.38. The second kappa shape index (κ2) is 4.99. The lowest BCUT2D eigenvalue weighted by Crippen LogP contribution is -2.33. The van der Waals surface area contributed by atoms with Crippen LogP contribution in [0.15, 0.2) is 6.07 Å². The monoisotopic (exact) mass is 262 g/mol. The Kier molecular flexibility index (Phi) is 3.70. The molecule has 0 atom stereocenters. The predicted octanol–water partition coefficient (Wildman–Crippen LogP) is 3.42. The van der Waals surface area contributed by atoms with Crippen molar-refractivity contribution in [3.8, 4) is 0 Å². The van der Waals surface area contributed by atoms with Crippen LogP contribution in [-0.4, -0.2) is 23.6 Å². The van der Waals surface area contributed by atoms with Crippen molar-refractivity contribution >= 4 is 11.6 Å². The van der Waals surface area contributed by atoms with E-state index < -0.39 is 0 Å². The summed E-state index contributed by atoms with van der Waals surface area (Å²) in [6.45, 7) is 9.75. The van der Waals surface area contributed by atoms with Gasteiger partial charge in [0.1, 0.15) is 17.5 Å². The summed E-state index contributed by atoms with van der Waals surface area (Å²) in [6.07, 6.45) is 3.99. The minimum Gasteiger partial charge on any atom is -0.373 e. The van der Waals surface area contributed by atoms with E-state index in [-0.39, 0.29) is 5.41 Å². The Labute approximate surface area is 116 Å². The summed E-state index contributed by atoms with van der Waals surface area (Å²) in [4.78, 5) is 9.19. The highest BCUT2D eigenvalue weighted by atomic mass is 15.1. The molecule has 19 heavy (non-hydrogen) atoms. The van der Waals surface area contributed by atoms with Gasteiger partial charge in [0.2, 0.25) is 0 Å². The van der Waals surface area contributed by atoms with Crippen LogP contribution in [0.25, 0.3) is 0 Å². The third kappa shape index (κ3) is 3.37. The van der Waals surface area contributed by atoms with E-state index in [9.17, 15) is 0 Å². The molecule has 106 valence electrons. The molecule has 0 saturated heterocycles. The molecule has 1 fully saturated rings. The first-order chi connectivity index (χ1) is 8.82. The summed E-state index contributed by atoms with van der Waals surface area (Å²) < 4.78 is 0. The maximum Gasteiger partial charge on any atom is 0.138 e. The molecular weight excluding hydrogens is 236 g/mol. The fourth-order valence-electron chi connectivity index (χ4n) is 2.26. The second-order valence-corrected chi connectivity index (χ2v) is 6.98. The van der Waals surface area contributed by atoms with E-state index in [0.29, 0.717) is 5.41 Å². The van der Waals surface area contributed by atoms with Gasteiger partial charge in [-0.1, -0.05) is 34.1 Å². The minimum absolute atomic E-state index is 0.0380. The average molecular weight is 262 g/mol. The zero-order valence-corrected chi connectivity index (χ0v) is 12.8. The molecule has 0 radical (unpaired) electrons. The summed E-state index contributed by atoms with van der Waals surface area (Å²) >= 11 is 0. The Morgan fingerprint density at radius 3 is 2.32 bits per heavy atom. The molecule has 0 aliphatic heterocycles. The van der Waals surface area contributed by atoms with Crippen LogP contribution in [0.1, 0.15) is 52.8 Å². The molecule has 1 aromatic rings. The Hall–Kier alpha value is -1.32. The summed E-state index contributed by atoms with van der Waals surface area (Å²) in [6, 6.07) is 1.98. The predicted molar refractivity (Wildman–Crippen MR) is 80.7 cm³/mol. The van der Waals surface area contributed by atoms with Crippen LogP contribution in [0.5, 0.6) is 0 Å². The van der Waals surface area contributed by atoms with Crippen LogP contribution in [0, 0.1) is 5.41 Å². The van der Waals surface area contributed by atoms with Crippen molar-refractivity contribution in [2.45, 2.75) is 52.4 Å². The number of nitrogens with zero attached hydrogens (tertiary/aromatic N) is 2. The van der Waals surface area contributed by atoms with Crippen molar-refractivity contribution in [1.29, 1.82) is 0 Å². The summed E-state index contributed by atoms with van der Waals surface area (Å²) in [5, 5.41) is 6.60. The Bertz CT molecular complexity index is 444. The lowest BCUT2D eigenvalue weighted by atomic mass is 9.70. The van der Waals surface area contributed by atoms with Crippen molar-refractivity contribution < 1.29 is 0 Å². The molecule has 4 nitrogen and oxygen atoms in total. The largest absolute Gasteiger partial charge is 0.373 e. The van der Waals surface area contributed by atoms with E-state index in [2.05, 4.69) is 48.3 Å². The number of rotatable bonds is 4. The number of aromatic nitrogens is 2. The summed E-state index contributed by atoms with van der Waals surface area (Å²) in [7, 11) is 1.89. The maximum absolute atomic E-state index is 4.65. The standard InChI is InChI=1S/C15H26N4/c1-14(2,3)13-18-11(16-5)9-12(19-13)17-10-15(4)7-6-8-15/h9H,6-8,10H2,1-5H3,(H2,16,17,18,19). The highest BCUT2D eigenvalue weighted by molar-refractivity contribution is 5.48. The molecule has 1 saturated carbocycles. The van der Waals surface area contributed by atoms with Gasteiger partial charge in [-0.15, -0.1) is 0 Å². The average Bonchev–Trinajstić information content (AvgIpc) is 2.32. The van der Waals surface area contributed by atoms with Gasteiger partial charge in [-0.2, -0.15) is 0 Å². The van der Waals surface area contributed by atoms with Crippen LogP contribution < -0.4 is 10.6 Å². The van der Waals surface area contributed by atoms with Crippen molar-refractivity contribution in [1.82, 2.24) is 9.97 Å². The molecule has 4 heteroatoms. The van der Waals surface area contributed by atoms with E-state index in [1.54, 1.807) is 0 Å². The molecule has 0 unspecified atom stereocenters. The van der Waals surface area contributed by atoms with Crippen molar-refractivity contribution in [3.63, 3.8) is 0 Å². The SMILES string of the molecule is CNc1cc(NCC2(C)CCC2)nc(C(C)(C)C)n1. The van der Waals surface area contributed by atoms with Gasteiger partial charge < -0.3 is 10.6 Å². The van der Waals surface area contributed by atoms with Crippen LogP contribution in [-0.2, 0) is 5.41 Å². The van der Waals surface area contributed by atoms with Gasteiger partial charge in [0.15, 0.2) is 0 Å². The van der Waals surface area contributed by atoms with Gasteiger partial charge in [0.05, 0.1) is 0 Å². The first-order valence-corrected chi connectivity index (χ1v) is 7.14. The van der Waals surface area contributed by atoms with Gasteiger partial charge in [-0.05, 0) is 18.3 Å². The molecular formula is C15H26N4. The van der Waals surface area contributed by atoms with Crippen LogP contribution >= 0.6 is 0 Å². The molecule has 0 aromatic carbocycles. The molecule has 0 amide bonds. The molecule has 2 N–H and O–H groups in total. The highest BCUT2D eigenvalue weighted by Crippen LogP contribution is 2.40. The van der Waals surface area contributed by atoms with Gasteiger partial charge in [0, 0.05) is 25.1 Å². The summed E-state index contributed by atoms with van der Waals surface area (Å²) in [5.74, 6) is 2.68. The molecule has 1 aliphatic rings. The third-order valence-electron chi connectivity index (χ3n) is 3.91. The number of hydrogen-bond donors (Lipinski definition) is 2. The van der Waals surface area contributed by atoms with Crippen molar-refractivity contribution in [2.75, 3.05) is 24.2 Å². The highest BCUT2D eigenvalue weighted by Gasteiger charge is 2.31. The molecule has 1 aromatic heterocycles. The fraction of sp³-hybridized carbons (Fsp3) is 0.733. The third-order valence-corrected chi connectivity index (χ3v) is 3.91. The van der Waals surface area contributed by atoms with E-state index in [1.807, 2.05) is 13.1 Å². The van der Waals surface area contributed by atoms with Crippen molar-refractivity contribution in [2.24, 2.45) is 5.41 Å². The topological polar surface area (TPSA) is 49.8 Å². The molecule has 2 rings (SSSR count). The van der Waals surface area contributed by atoms with E-state index in [1.165, 1.54) is 19.3 Å². The summed E-state index contributed by atoms with van der Waals surface area (Å²) in [5.41, 5.74) is 0.413. The van der Waals surface area contributed by atoms with Gasteiger partial charge in [-0.3, -0.25) is 0 Å². The van der Waals surface area contributed by atoms with E-state index >= 15 is 0 Å². The maximum atomic E-state index is 4.65. The van der Waals surface area contributed by atoms with Crippen LogP contribution in [0.3, 0.4) is 0 Å². The molecule has 1 aliphatic carbocycles. The number of anilines is 2. The van der Waals surface area contributed by atoms with Gasteiger partial charge >= 0.3 is 0 Å². The van der Waals surface area contributed by atoms with Crippen LogP contribution in [0.2, 0.25) is 0 Å². The zero-order valence-electron chi connectivity index (χ0n) is 12.8. The number of hydrogen-bond acceptors (Lipinski definition) is 4. The quantitative estimate of drug-likeness (QED) is 0.873. The van der Waals surface area contributed by atoms with Crippen LogP contribution in [0.4, 0.5) is 11.6 Å². The van der Waals surface area contributed by atoms with E-state index in [0.717, 1.165) is 24.0 Å². The zero-order chi connectivity index (χ0) is 14.1. The Morgan fingerprint density at radius 1 is 1.21 bits per heavy atom. The van der Waals surface area contributed by atoms with Gasteiger partial charge in [-0.25, -0.2) is 9.97 Å². The smallest absolute Gasteiger partial charge is 0.138 e. The van der Waals surface area contributed by atoms with Crippen molar-refractivity contribution in [3.05, 3.63) is 11.9 Å². The first-order valence-electron chi connectivity index (χ1n) is 7.14. The Morgan fingerprint density at radius 2 is 1.84 bits per heavy atom.